The predicted molar refractivity (Wildman–Crippen MR) is 115 cm³/mol. The lowest BCUT2D eigenvalue weighted by molar-refractivity contribution is -0.113. The van der Waals surface area contributed by atoms with Crippen molar-refractivity contribution in [1.29, 1.82) is 0 Å². The van der Waals surface area contributed by atoms with Gasteiger partial charge in [-0.3, -0.25) is 4.79 Å². The molecule has 2 aromatic carbocycles. The maximum atomic E-state index is 13.1. The monoisotopic (exact) mass is 419 g/mol. The van der Waals surface area contributed by atoms with Crippen LogP contribution >= 0.6 is 35.4 Å². The van der Waals surface area contributed by atoms with E-state index < -0.39 is 6.04 Å². The zero-order valence-corrected chi connectivity index (χ0v) is 17.4. The van der Waals surface area contributed by atoms with E-state index in [2.05, 4.69) is 22.0 Å². The summed E-state index contributed by atoms with van der Waals surface area (Å²) in [6.07, 6.45) is 0. The fourth-order valence-electron chi connectivity index (χ4n) is 3.24. The van der Waals surface area contributed by atoms with E-state index in [1.165, 1.54) is 0 Å². The van der Waals surface area contributed by atoms with Crippen molar-refractivity contribution in [3.8, 4) is 0 Å². The highest BCUT2D eigenvalue weighted by Crippen LogP contribution is 2.36. The molecule has 27 heavy (non-hydrogen) atoms. The minimum Gasteiger partial charge on any atom is -0.351 e. The second-order valence-corrected chi connectivity index (χ2v) is 7.76. The second-order valence-electron chi connectivity index (χ2n) is 6.54. The molecule has 1 aliphatic heterocycles. The molecular formula is C20H19Cl2N3OS. The Morgan fingerprint density at radius 2 is 1.67 bits per heavy atom. The van der Waals surface area contributed by atoms with Crippen LogP contribution in [0.2, 0.25) is 10.0 Å². The number of nitrogens with one attached hydrogen (secondary N) is 3. The Balaban J connectivity index is 2.02. The van der Waals surface area contributed by atoms with Gasteiger partial charge < -0.3 is 16.0 Å². The van der Waals surface area contributed by atoms with Gasteiger partial charge >= 0.3 is 0 Å². The maximum absolute atomic E-state index is 13.1. The number of halogens is 2. The first kappa shape index (κ1) is 19.7. The Morgan fingerprint density at radius 3 is 2.26 bits per heavy atom. The molecule has 0 aliphatic carbocycles. The lowest BCUT2D eigenvalue weighted by Crippen LogP contribution is -2.46. The number of anilines is 1. The van der Waals surface area contributed by atoms with E-state index in [-0.39, 0.29) is 5.91 Å². The van der Waals surface area contributed by atoms with Crippen LogP contribution in [-0.2, 0) is 4.79 Å². The number of carbonyl (C=O) groups is 1. The first-order chi connectivity index (χ1) is 12.8. The van der Waals surface area contributed by atoms with Crippen LogP contribution in [0.5, 0.6) is 0 Å². The van der Waals surface area contributed by atoms with Crippen LogP contribution in [-0.4, -0.2) is 11.0 Å². The van der Waals surface area contributed by atoms with Crippen molar-refractivity contribution in [2.45, 2.75) is 26.8 Å². The topological polar surface area (TPSA) is 53.2 Å². The van der Waals surface area contributed by atoms with Crippen LogP contribution in [0.1, 0.15) is 29.7 Å². The summed E-state index contributed by atoms with van der Waals surface area (Å²) in [5.41, 5.74) is 4.63. The van der Waals surface area contributed by atoms with Gasteiger partial charge in [0.25, 0.3) is 5.91 Å². The van der Waals surface area contributed by atoms with E-state index >= 15 is 0 Å². The molecule has 2 aromatic rings. The molecule has 140 valence electrons. The molecule has 1 unspecified atom stereocenters. The van der Waals surface area contributed by atoms with Crippen molar-refractivity contribution in [3.63, 3.8) is 0 Å². The van der Waals surface area contributed by atoms with Crippen LogP contribution < -0.4 is 16.0 Å². The van der Waals surface area contributed by atoms with Crippen LogP contribution in [0.25, 0.3) is 0 Å². The van der Waals surface area contributed by atoms with Crippen molar-refractivity contribution in [1.82, 2.24) is 10.6 Å². The summed E-state index contributed by atoms with van der Waals surface area (Å²) < 4.78 is 0. The molecule has 0 aromatic heterocycles. The third kappa shape index (κ3) is 4.26. The number of benzene rings is 2. The molecule has 1 amide bonds. The highest BCUT2D eigenvalue weighted by atomic mass is 35.5. The zero-order valence-electron chi connectivity index (χ0n) is 15.1. The average Bonchev–Trinajstić information content (AvgIpc) is 2.52. The number of rotatable bonds is 3. The van der Waals surface area contributed by atoms with Gasteiger partial charge in [-0.2, -0.15) is 0 Å². The largest absolute Gasteiger partial charge is 0.351 e. The van der Waals surface area contributed by atoms with Gasteiger partial charge in [0, 0.05) is 27.0 Å². The number of allylic oxidation sites excluding steroid dienone is 1. The summed E-state index contributed by atoms with van der Waals surface area (Å²) in [4.78, 5) is 13.1. The second kappa shape index (κ2) is 7.89. The Bertz CT molecular complexity index is 931. The Hall–Kier alpha value is -2.08. The number of amides is 1. The Kier molecular flexibility index (Phi) is 5.75. The van der Waals surface area contributed by atoms with Crippen LogP contribution in [0.4, 0.5) is 5.69 Å². The third-order valence-electron chi connectivity index (χ3n) is 4.28. The highest BCUT2D eigenvalue weighted by Gasteiger charge is 2.32. The fourth-order valence-corrected chi connectivity index (χ4v) is 4.13. The Labute approximate surface area is 173 Å². The summed E-state index contributed by atoms with van der Waals surface area (Å²) >= 11 is 18.1. The number of aryl methyl sites for hydroxylation is 2. The van der Waals surface area contributed by atoms with Crippen molar-refractivity contribution in [2.75, 3.05) is 5.32 Å². The number of hydrogen-bond acceptors (Lipinski definition) is 2. The molecule has 1 atom stereocenters. The van der Waals surface area contributed by atoms with Crippen molar-refractivity contribution in [3.05, 3.63) is 74.4 Å². The summed E-state index contributed by atoms with van der Waals surface area (Å²) in [6, 6.07) is 10.6. The first-order valence-corrected chi connectivity index (χ1v) is 9.54. The van der Waals surface area contributed by atoms with Crippen molar-refractivity contribution < 1.29 is 4.79 Å². The average molecular weight is 420 g/mol. The number of carbonyl (C=O) groups excluding carboxylic acids is 1. The maximum Gasteiger partial charge on any atom is 0.255 e. The molecule has 0 bridgehead atoms. The summed E-state index contributed by atoms with van der Waals surface area (Å²) in [6.45, 7) is 5.78. The summed E-state index contributed by atoms with van der Waals surface area (Å²) in [5.74, 6) is -0.249. The fraction of sp³-hybridized carbons (Fsp3) is 0.200. The minimum absolute atomic E-state index is 0.249. The molecule has 3 rings (SSSR count). The van der Waals surface area contributed by atoms with Crippen molar-refractivity contribution >= 4 is 52.1 Å². The van der Waals surface area contributed by atoms with Gasteiger partial charge in [-0.25, -0.2) is 0 Å². The summed E-state index contributed by atoms with van der Waals surface area (Å²) in [7, 11) is 0. The number of thiocarbonyl (C=S) groups is 1. The van der Waals surface area contributed by atoms with E-state index in [1.54, 1.807) is 25.1 Å². The molecule has 3 N–H and O–H groups in total. The molecule has 0 radical (unpaired) electrons. The van der Waals surface area contributed by atoms with E-state index in [1.807, 2.05) is 26.0 Å². The lowest BCUT2D eigenvalue weighted by Gasteiger charge is -2.31. The van der Waals surface area contributed by atoms with Crippen molar-refractivity contribution in [2.24, 2.45) is 0 Å². The molecule has 7 heteroatoms. The quantitative estimate of drug-likeness (QED) is 0.609. The predicted octanol–water partition coefficient (Wildman–Crippen LogP) is 5.04. The first-order valence-electron chi connectivity index (χ1n) is 8.38. The molecule has 1 aliphatic rings. The van der Waals surface area contributed by atoms with E-state index in [0.29, 0.717) is 32.0 Å². The highest BCUT2D eigenvalue weighted by molar-refractivity contribution is 7.80. The SMILES string of the molecule is CC1=C(C(=O)Nc2cc(C)cc(C)c2)C(c2c(Cl)cccc2Cl)NC(=S)N1. The normalized spacial score (nSPS) is 16.6. The summed E-state index contributed by atoms with van der Waals surface area (Å²) in [5, 5.41) is 10.4. The lowest BCUT2D eigenvalue weighted by atomic mass is 9.94. The third-order valence-corrected chi connectivity index (χ3v) is 5.16. The number of hydrogen-bond donors (Lipinski definition) is 3. The Morgan fingerprint density at radius 1 is 1.07 bits per heavy atom. The van der Waals surface area contributed by atoms with Crippen LogP contribution in [0.3, 0.4) is 0 Å². The molecular weight excluding hydrogens is 401 g/mol. The molecule has 0 saturated carbocycles. The van der Waals surface area contributed by atoms with Gasteiger partial charge in [-0.15, -0.1) is 0 Å². The molecule has 0 fully saturated rings. The van der Waals surface area contributed by atoms with E-state index in [4.69, 9.17) is 35.4 Å². The molecule has 1 heterocycles. The molecule has 4 nitrogen and oxygen atoms in total. The van der Waals surface area contributed by atoms with Gasteiger partial charge in [0.15, 0.2) is 5.11 Å². The smallest absolute Gasteiger partial charge is 0.255 e. The van der Waals surface area contributed by atoms with Gasteiger partial charge in [0.1, 0.15) is 0 Å². The van der Waals surface area contributed by atoms with Gasteiger partial charge in [-0.1, -0.05) is 35.3 Å². The van der Waals surface area contributed by atoms with Gasteiger partial charge in [0.2, 0.25) is 0 Å². The standard InChI is InChI=1S/C20H19Cl2N3OS/c1-10-7-11(2)9-13(8-10)24-19(26)16-12(3)23-20(27)25-18(16)17-14(21)5-4-6-15(17)22/h4-9,18H,1-3H3,(H,24,26)(H2,23,25,27). The molecule has 0 saturated heterocycles. The zero-order chi connectivity index (χ0) is 19.7. The van der Waals surface area contributed by atoms with Crippen LogP contribution in [0.15, 0.2) is 47.7 Å². The minimum atomic E-state index is -0.550. The van der Waals surface area contributed by atoms with Gasteiger partial charge in [0.05, 0.1) is 11.6 Å². The van der Waals surface area contributed by atoms with Gasteiger partial charge in [-0.05, 0) is 68.4 Å². The van der Waals surface area contributed by atoms with E-state index in [0.717, 1.165) is 16.8 Å². The molecule has 0 spiro atoms. The van der Waals surface area contributed by atoms with Crippen LogP contribution in [0, 0.1) is 13.8 Å². The van der Waals surface area contributed by atoms with E-state index in [9.17, 15) is 4.79 Å².